The molecule has 4 rings (SSSR count). The zero-order valence-corrected chi connectivity index (χ0v) is 24.4. The smallest absolute Gasteiger partial charge is 0.402 e. The third-order valence-corrected chi connectivity index (χ3v) is 7.79. The summed E-state index contributed by atoms with van der Waals surface area (Å²) in [6.45, 7) is 12.2. The van der Waals surface area contributed by atoms with E-state index in [-0.39, 0.29) is 17.8 Å². The molecule has 0 aromatic heterocycles. The van der Waals surface area contributed by atoms with Gasteiger partial charge in [0.2, 0.25) is 5.91 Å². The van der Waals surface area contributed by atoms with Gasteiger partial charge in [0.15, 0.2) is 0 Å². The minimum absolute atomic E-state index is 0.267. The van der Waals surface area contributed by atoms with Crippen LogP contribution >= 0.6 is 0 Å². The Bertz CT molecular complexity index is 1280. The van der Waals surface area contributed by atoms with Gasteiger partial charge in [-0.05, 0) is 68.9 Å². The van der Waals surface area contributed by atoms with Crippen molar-refractivity contribution >= 4 is 18.9 Å². The summed E-state index contributed by atoms with van der Waals surface area (Å²) in [4.78, 5) is 27.3. The van der Waals surface area contributed by atoms with Crippen LogP contribution in [0.15, 0.2) is 84.9 Å². The van der Waals surface area contributed by atoms with Gasteiger partial charge in [-0.3, -0.25) is 9.59 Å². The number of hydrogen-bond acceptors (Lipinski definition) is 4. The lowest BCUT2D eigenvalue weighted by molar-refractivity contribution is -0.123. The van der Waals surface area contributed by atoms with Gasteiger partial charge in [0, 0.05) is 12.0 Å². The van der Waals surface area contributed by atoms with E-state index in [0.29, 0.717) is 24.3 Å². The van der Waals surface area contributed by atoms with Gasteiger partial charge in [-0.1, -0.05) is 86.6 Å². The van der Waals surface area contributed by atoms with Crippen molar-refractivity contribution in [1.82, 2.24) is 10.6 Å². The summed E-state index contributed by atoms with van der Waals surface area (Å²) in [5, 5.41) is 6.19. The molecule has 2 N–H and O–H groups in total. The fourth-order valence-electron chi connectivity index (χ4n) is 4.85. The average Bonchev–Trinajstić information content (AvgIpc) is 3.15. The van der Waals surface area contributed by atoms with Crippen LogP contribution in [0, 0.1) is 5.92 Å². The highest BCUT2D eigenvalue weighted by Gasteiger charge is 2.54. The summed E-state index contributed by atoms with van der Waals surface area (Å²) in [7, 11) is -0.591. The number of carbonyl (C=O) groups is 2. The summed E-state index contributed by atoms with van der Waals surface area (Å²) in [6, 6.07) is 26.3. The van der Waals surface area contributed by atoms with Gasteiger partial charge in [-0.15, -0.1) is 0 Å². The molecular formula is C33H41BN2O4. The minimum Gasteiger partial charge on any atom is -0.402 e. The van der Waals surface area contributed by atoms with E-state index in [9.17, 15) is 9.59 Å². The van der Waals surface area contributed by atoms with Gasteiger partial charge in [0.25, 0.3) is 5.91 Å². The molecule has 1 fully saturated rings. The summed E-state index contributed by atoms with van der Waals surface area (Å²) in [5.74, 6) is -0.640. The molecule has 7 heteroatoms. The topological polar surface area (TPSA) is 76.7 Å². The van der Waals surface area contributed by atoms with Crippen LogP contribution in [-0.4, -0.2) is 42.1 Å². The molecular weight excluding hydrogens is 499 g/mol. The Morgan fingerprint density at radius 2 is 1.35 bits per heavy atom. The molecule has 0 spiro atoms. The molecule has 40 heavy (non-hydrogen) atoms. The predicted octanol–water partition coefficient (Wildman–Crippen LogP) is 5.86. The zero-order valence-electron chi connectivity index (χ0n) is 24.4. The Balaban J connectivity index is 1.56. The highest BCUT2D eigenvalue weighted by molar-refractivity contribution is 6.48. The van der Waals surface area contributed by atoms with Crippen molar-refractivity contribution in [2.24, 2.45) is 5.92 Å². The summed E-state index contributed by atoms with van der Waals surface area (Å²) < 4.78 is 12.6. The summed E-state index contributed by atoms with van der Waals surface area (Å²) in [6.07, 6.45) is 1.03. The van der Waals surface area contributed by atoms with Crippen LogP contribution in [0.25, 0.3) is 11.1 Å². The van der Waals surface area contributed by atoms with Crippen molar-refractivity contribution in [3.05, 3.63) is 96.1 Å². The lowest BCUT2D eigenvalue weighted by atomic mass is 9.73. The van der Waals surface area contributed by atoms with Crippen LogP contribution in [0.3, 0.4) is 0 Å². The van der Waals surface area contributed by atoms with Crippen molar-refractivity contribution in [2.75, 3.05) is 0 Å². The first-order valence-corrected chi connectivity index (χ1v) is 14.1. The third kappa shape index (κ3) is 7.20. The molecule has 0 aliphatic carbocycles. The molecule has 0 bridgehead atoms. The van der Waals surface area contributed by atoms with Crippen molar-refractivity contribution in [3.63, 3.8) is 0 Å². The molecule has 3 aromatic rings. The highest BCUT2D eigenvalue weighted by atomic mass is 16.7. The van der Waals surface area contributed by atoms with Gasteiger partial charge >= 0.3 is 7.12 Å². The highest BCUT2D eigenvalue weighted by Crippen LogP contribution is 2.38. The Kier molecular flexibility index (Phi) is 9.17. The van der Waals surface area contributed by atoms with E-state index in [1.54, 1.807) is 6.07 Å². The first kappa shape index (κ1) is 29.6. The molecule has 1 aliphatic heterocycles. The third-order valence-electron chi connectivity index (χ3n) is 7.79. The van der Waals surface area contributed by atoms with Crippen molar-refractivity contribution < 1.29 is 18.9 Å². The monoisotopic (exact) mass is 540 g/mol. The number of amides is 2. The molecule has 3 aromatic carbocycles. The van der Waals surface area contributed by atoms with E-state index in [4.69, 9.17) is 9.31 Å². The van der Waals surface area contributed by atoms with Crippen LogP contribution < -0.4 is 10.6 Å². The Morgan fingerprint density at radius 1 is 0.775 bits per heavy atom. The lowest BCUT2D eigenvalue weighted by Gasteiger charge is -2.32. The minimum atomic E-state index is -0.785. The second kappa shape index (κ2) is 12.4. The molecule has 1 aliphatic rings. The molecule has 1 unspecified atom stereocenters. The van der Waals surface area contributed by atoms with Crippen LogP contribution in [0.5, 0.6) is 0 Å². The molecule has 0 saturated carbocycles. The second-order valence-corrected chi connectivity index (χ2v) is 12.0. The predicted molar refractivity (Wildman–Crippen MR) is 161 cm³/mol. The number of nitrogens with one attached hydrogen (secondary N) is 2. The SMILES string of the molecule is CC(C)CC(NC(=O)[C@H](Cc1ccccc1)NC(=O)c1cccc(-c2ccccc2)c1)B1OC(C)(C)C(C)(C)O1. The molecule has 6 nitrogen and oxygen atoms in total. The van der Waals surface area contributed by atoms with Crippen molar-refractivity contribution in [1.29, 1.82) is 0 Å². The molecule has 2 amide bonds. The number of carbonyl (C=O) groups excluding carboxylic acids is 2. The largest absolute Gasteiger partial charge is 0.481 e. The van der Waals surface area contributed by atoms with E-state index in [0.717, 1.165) is 16.7 Å². The average molecular weight is 541 g/mol. The Labute approximate surface area is 239 Å². The van der Waals surface area contributed by atoms with Crippen LogP contribution in [0.4, 0.5) is 0 Å². The maximum atomic E-state index is 13.8. The lowest BCUT2D eigenvalue weighted by Crippen LogP contribution is -2.55. The second-order valence-electron chi connectivity index (χ2n) is 12.0. The summed E-state index contributed by atoms with van der Waals surface area (Å²) >= 11 is 0. The molecule has 1 heterocycles. The number of hydrogen-bond donors (Lipinski definition) is 2. The summed E-state index contributed by atoms with van der Waals surface area (Å²) in [5.41, 5.74) is 2.39. The first-order valence-electron chi connectivity index (χ1n) is 14.1. The Morgan fingerprint density at radius 3 is 1.95 bits per heavy atom. The van der Waals surface area contributed by atoms with Crippen molar-refractivity contribution in [3.8, 4) is 11.1 Å². The van der Waals surface area contributed by atoms with E-state index < -0.39 is 24.4 Å². The molecule has 2 atom stereocenters. The molecule has 210 valence electrons. The maximum Gasteiger partial charge on any atom is 0.481 e. The van der Waals surface area contributed by atoms with Crippen LogP contribution in [-0.2, 0) is 20.5 Å². The van der Waals surface area contributed by atoms with E-state index >= 15 is 0 Å². The van der Waals surface area contributed by atoms with Gasteiger partial charge < -0.3 is 19.9 Å². The van der Waals surface area contributed by atoms with Gasteiger partial charge in [-0.25, -0.2) is 0 Å². The fourth-order valence-corrected chi connectivity index (χ4v) is 4.85. The fraction of sp³-hybridized carbons (Fsp3) is 0.394. The van der Waals surface area contributed by atoms with E-state index in [1.165, 1.54) is 0 Å². The van der Waals surface area contributed by atoms with Gasteiger partial charge in [-0.2, -0.15) is 0 Å². The van der Waals surface area contributed by atoms with E-state index in [2.05, 4.69) is 24.5 Å². The van der Waals surface area contributed by atoms with Gasteiger partial charge in [0.05, 0.1) is 17.1 Å². The normalized spacial score (nSPS) is 17.3. The number of rotatable bonds is 10. The maximum absolute atomic E-state index is 13.8. The standard InChI is InChI=1S/C33H41BN2O4/c1-23(2)20-29(34-39-32(3,4)33(5,6)40-34)36-31(38)28(21-24-14-9-7-10-15-24)35-30(37)27-19-13-18-26(22-27)25-16-11-8-12-17-25/h7-19,22-23,28-29H,20-21H2,1-6H3,(H,35,37)(H,36,38)/t28-,29?/m0/s1. The first-order chi connectivity index (χ1) is 18.9. The molecule has 1 saturated heterocycles. The quantitative estimate of drug-likeness (QED) is 0.316. The van der Waals surface area contributed by atoms with Crippen molar-refractivity contribution in [2.45, 2.75) is 77.6 Å². The molecule has 0 radical (unpaired) electrons. The van der Waals surface area contributed by atoms with Gasteiger partial charge in [0.1, 0.15) is 6.04 Å². The Hall–Kier alpha value is -3.42. The van der Waals surface area contributed by atoms with Crippen LogP contribution in [0.1, 0.15) is 63.9 Å². The van der Waals surface area contributed by atoms with E-state index in [1.807, 2.05) is 107 Å². The van der Waals surface area contributed by atoms with Crippen LogP contribution in [0.2, 0.25) is 0 Å². The zero-order chi connectivity index (χ0) is 28.9. The number of benzene rings is 3.